The molecule has 0 spiro atoms. The van der Waals surface area contributed by atoms with Gasteiger partial charge in [-0.05, 0) is 61.5 Å². The third-order valence-electron chi connectivity index (χ3n) is 6.18. The number of carbonyl (C=O) groups excluding carboxylic acids is 2. The van der Waals surface area contributed by atoms with Crippen molar-refractivity contribution in [2.75, 3.05) is 11.9 Å². The molecule has 2 fully saturated rings. The summed E-state index contributed by atoms with van der Waals surface area (Å²) in [7, 11) is 0. The van der Waals surface area contributed by atoms with Crippen LogP contribution in [0.15, 0.2) is 67.3 Å². The van der Waals surface area contributed by atoms with Crippen LogP contribution in [0.5, 0.6) is 11.5 Å². The molecule has 1 heterocycles. The molecule has 0 unspecified atom stereocenters. The van der Waals surface area contributed by atoms with Gasteiger partial charge in [0.05, 0.1) is 12.5 Å². The van der Waals surface area contributed by atoms with Gasteiger partial charge >= 0.3 is 0 Å². The average molecular weight is 479 g/mol. The third-order valence-corrected chi connectivity index (χ3v) is 6.54. The highest BCUT2D eigenvalue weighted by Crippen LogP contribution is 2.30. The number of hydrogen-bond acceptors (Lipinski definition) is 4. The second-order valence-corrected chi connectivity index (χ2v) is 8.94. The molecule has 1 aliphatic carbocycles. The summed E-state index contributed by atoms with van der Waals surface area (Å²) in [6.45, 7) is 4.23. The maximum absolute atomic E-state index is 13.0. The Hall–Kier alpha value is -3.39. The number of benzene rings is 2. The molecule has 2 aromatic rings. The molecule has 3 atom stereocenters. The summed E-state index contributed by atoms with van der Waals surface area (Å²) >= 11 is 5.63. The maximum atomic E-state index is 13.0. The molecule has 34 heavy (non-hydrogen) atoms. The Balaban J connectivity index is 1.42. The molecule has 3 N–H and O–H groups in total. The molecule has 1 aliphatic heterocycles. The van der Waals surface area contributed by atoms with Crippen LogP contribution >= 0.6 is 12.2 Å². The topological polar surface area (TPSA) is 82.7 Å². The van der Waals surface area contributed by atoms with Gasteiger partial charge in [0.25, 0.3) is 0 Å². The first-order chi connectivity index (χ1) is 16.5. The maximum Gasteiger partial charge on any atom is 0.243 e. The number of nitrogens with one attached hydrogen (secondary N) is 3. The first-order valence-electron chi connectivity index (χ1n) is 11.7. The molecule has 2 amide bonds. The largest absolute Gasteiger partial charge is 0.457 e. The van der Waals surface area contributed by atoms with E-state index in [0.29, 0.717) is 23.1 Å². The lowest BCUT2D eigenvalue weighted by Gasteiger charge is -2.49. The SMILES string of the molecule is C=CCNC(=S)N1[C@@H]2CCCC[C@@H]2NC(=O)[C@@H]1CC(=O)Nc1ccc(Oc2ccccc2)cc1. The summed E-state index contributed by atoms with van der Waals surface area (Å²) in [5.41, 5.74) is 0.635. The van der Waals surface area contributed by atoms with Gasteiger partial charge in [0, 0.05) is 18.3 Å². The molecule has 1 saturated heterocycles. The number of fused-ring (bicyclic) bond motifs is 1. The molecule has 1 saturated carbocycles. The number of carbonyl (C=O) groups is 2. The van der Waals surface area contributed by atoms with Gasteiger partial charge in [0.1, 0.15) is 17.5 Å². The lowest BCUT2D eigenvalue weighted by atomic mass is 9.85. The average Bonchev–Trinajstić information content (AvgIpc) is 2.85. The summed E-state index contributed by atoms with van der Waals surface area (Å²) < 4.78 is 5.80. The van der Waals surface area contributed by atoms with Gasteiger partial charge in [-0.15, -0.1) is 6.58 Å². The molecule has 2 aromatic carbocycles. The quantitative estimate of drug-likeness (QED) is 0.413. The molecule has 178 valence electrons. The van der Waals surface area contributed by atoms with Gasteiger partial charge in [-0.2, -0.15) is 0 Å². The van der Waals surface area contributed by atoms with E-state index in [1.165, 1.54) is 0 Å². The van der Waals surface area contributed by atoms with E-state index in [1.54, 1.807) is 30.3 Å². The Morgan fingerprint density at radius 1 is 1.12 bits per heavy atom. The molecule has 0 bridgehead atoms. The molecule has 4 rings (SSSR count). The van der Waals surface area contributed by atoms with E-state index in [0.717, 1.165) is 31.4 Å². The van der Waals surface area contributed by atoms with Crippen molar-refractivity contribution in [1.82, 2.24) is 15.5 Å². The minimum Gasteiger partial charge on any atom is -0.457 e. The fourth-order valence-electron chi connectivity index (χ4n) is 4.60. The Morgan fingerprint density at radius 2 is 1.82 bits per heavy atom. The Bertz CT molecular complexity index is 1030. The minimum absolute atomic E-state index is 0.00717. The first-order valence-corrected chi connectivity index (χ1v) is 12.1. The zero-order valence-corrected chi connectivity index (χ0v) is 19.9. The predicted molar refractivity (Wildman–Crippen MR) is 137 cm³/mol. The molecule has 0 aromatic heterocycles. The second-order valence-electron chi connectivity index (χ2n) is 8.56. The standard InChI is InChI=1S/C26H30N4O3S/c1-2-16-27-26(34)30-22-11-7-6-10-21(22)29-25(32)23(30)17-24(31)28-18-12-14-20(15-13-18)33-19-8-4-3-5-9-19/h2-5,8-9,12-15,21-23H,1,6-7,10-11,16-17H2,(H,27,34)(H,28,31)(H,29,32)/t21-,22+,23-/m0/s1. The van der Waals surface area contributed by atoms with Crippen LogP contribution in [0.2, 0.25) is 0 Å². The highest BCUT2D eigenvalue weighted by atomic mass is 32.1. The number of ether oxygens (including phenoxy) is 1. The van der Waals surface area contributed by atoms with Gasteiger partial charge in [-0.3, -0.25) is 9.59 Å². The van der Waals surface area contributed by atoms with Crippen molar-refractivity contribution in [3.8, 4) is 11.5 Å². The first kappa shape index (κ1) is 23.8. The van der Waals surface area contributed by atoms with Gasteiger partial charge in [0.2, 0.25) is 11.8 Å². The van der Waals surface area contributed by atoms with Crippen molar-refractivity contribution < 1.29 is 14.3 Å². The molecule has 7 nitrogen and oxygen atoms in total. The Morgan fingerprint density at radius 3 is 2.56 bits per heavy atom. The van der Waals surface area contributed by atoms with E-state index in [4.69, 9.17) is 17.0 Å². The van der Waals surface area contributed by atoms with E-state index >= 15 is 0 Å². The van der Waals surface area contributed by atoms with E-state index in [-0.39, 0.29) is 30.3 Å². The smallest absolute Gasteiger partial charge is 0.243 e. The van der Waals surface area contributed by atoms with Crippen LogP contribution in [-0.4, -0.2) is 46.5 Å². The van der Waals surface area contributed by atoms with E-state index in [2.05, 4.69) is 22.5 Å². The fourth-order valence-corrected chi connectivity index (χ4v) is 4.95. The molecular weight excluding hydrogens is 448 g/mol. The van der Waals surface area contributed by atoms with Crippen LogP contribution in [-0.2, 0) is 9.59 Å². The molecular formula is C26H30N4O3S. The summed E-state index contributed by atoms with van der Waals surface area (Å²) in [5.74, 6) is 1.00. The van der Waals surface area contributed by atoms with Gasteiger partial charge in [-0.25, -0.2) is 0 Å². The van der Waals surface area contributed by atoms with Crippen molar-refractivity contribution in [3.63, 3.8) is 0 Å². The fraction of sp³-hybridized carbons (Fsp3) is 0.346. The summed E-state index contributed by atoms with van der Waals surface area (Å²) in [6.07, 6.45) is 5.75. The number of amides is 2. The number of para-hydroxylation sites is 1. The van der Waals surface area contributed by atoms with Crippen LogP contribution in [0, 0.1) is 0 Å². The van der Waals surface area contributed by atoms with Gasteiger partial charge in [-0.1, -0.05) is 37.1 Å². The highest BCUT2D eigenvalue weighted by molar-refractivity contribution is 7.80. The summed E-state index contributed by atoms with van der Waals surface area (Å²) in [5, 5.41) is 9.66. The number of anilines is 1. The van der Waals surface area contributed by atoms with Crippen LogP contribution in [0.3, 0.4) is 0 Å². The molecule has 2 aliphatic rings. The lowest BCUT2D eigenvalue weighted by molar-refractivity contribution is -0.134. The zero-order valence-electron chi connectivity index (χ0n) is 19.0. The monoisotopic (exact) mass is 478 g/mol. The number of nitrogens with zero attached hydrogens (tertiary/aromatic N) is 1. The minimum atomic E-state index is -0.662. The van der Waals surface area contributed by atoms with Crippen LogP contribution in [0.4, 0.5) is 5.69 Å². The van der Waals surface area contributed by atoms with Crippen LogP contribution in [0.25, 0.3) is 0 Å². The van der Waals surface area contributed by atoms with Gasteiger partial charge in [0.15, 0.2) is 5.11 Å². The van der Waals surface area contributed by atoms with Crippen molar-refractivity contribution >= 4 is 34.8 Å². The van der Waals surface area contributed by atoms with Crippen molar-refractivity contribution in [1.29, 1.82) is 0 Å². The molecule has 8 heteroatoms. The van der Waals surface area contributed by atoms with Gasteiger partial charge < -0.3 is 25.6 Å². The summed E-state index contributed by atoms with van der Waals surface area (Å²) in [6, 6.07) is 16.1. The summed E-state index contributed by atoms with van der Waals surface area (Å²) in [4.78, 5) is 27.8. The third kappa shape index (κ3) is 5.75. The van der Waals surface area contributed by atoms with Crippen molar-refractivity contribution in [3.05, 3.63) is 67.3 Å². The van der Waals surface area contributed by atoms with E-state index in [1.807, 2.05) is 35.2 Å². The number of thiocarbonyl (C=S) groups is 1. The highest BCUT2D eigenvalue weighted by Gasteiger charge is 2.44. The van der Waals surface area contributed by atoms with E-state index < -0.39 is 6.04 Å². The Labute approximate surface area is 205 Å². The number of rotatable bonds is 7. The lowest BCUT2D eigenvalue weighted by Crippen LogP contribution is -2.69. The van der Waals surface area contributed by atoms with E-state index in [9.17, 15) is 9.59 Å². The van der Waals surface area contributed by atoms with Crippen molar-refractivity contribution in [2.45, 2.75) is 50.2 Å². The second kappa shape index (κ2) is 11.2. The van der Waals surface area contributed by atoms with Crippen molar-refractivity contribution in [2.24, 2.45) is 0 Å². The number of piperazine rings is 1. The normalized spacial score (nSPS) is 21.6. The van der Waals surface area contributed by atoms with Crippen LogP contribution < -0.4 is 20.7 Å². The zero-order chi connectivity index (χ0) is 23.9. The molecule has 0 radical (unpaired) electrons. The number of hydrogen-bond donors (Lipinski definition) is 3. The Kier molecular flexibility index (Phi) is 7.80. The van der Waals surface area contributed by atoms with Crippen LogP contribution in [0.1, 0.15) is 32.1 Å². The predicted octanol–water partition coefficient (Wildman–Crippen LogP) is 3.98.